The molecule has 104 valence electrons. The maximum atomic E-state index is 13.3. The van der Waals surface area contributed by atoms with E-state index in [0.29, 0.717) is 12.2 Å². The Hall–Kier alpha value is -2.43. The van der Waals surface area contributed by atoms with Crippen LogP contribution >= 0.6 is 0 Å². The number of nitrogens with two attached hydrogens (primary N) is 1. The molecule has 0 unspecified atom stereocenters. The van der Waals surface area contributed by atoms with Crippen molar-refractivity contribution in [2.75, 3.05) is 11.4 Å². The highest BCUT2D eigenvalue weighted by molar-refractivity contribution is 5.94. The summed E-state index contributed by atoms with van der Waals surface area (Å²) in [7, 11) is 0. The van der Waals surface area contributed by atoms with Crippen molar-refractivity contribution in [2.45, 2.75) is 13.5 Å². The predicted molar refractivity (Wildman–Crippen MR) is 78.4 cm³/mol. The second-order valence-corrected chi connectivity index (χ2v) is 4.42. The lowest BCUT2D eigenvalue weighted by atomic mass is 10.1. The van der Waals surface area contributed by atoms with Crippen LogP contribution in [0.3, 0.4) is 0 Å². The lowest BCUT2D eigenvalue weighted by molar-refractivity contribution is 0.626. The fourth-order valence-electron chi connectivity index (χ4n) is 2.07. The van der Waals surface area contributed by atoms with Gasteiger partial charge in [0.25, 0.3) is 0 Å². The summed E-state index contributed by atoms with van der Waals surface area (Å²) in [6, 6.07) is 10.1. The van der Waals surface area contributed by atoms with E-state index in [0.717, 1.165) is 17.8 Å². The quantitative estimate of drug-likeness (QED) is 0.649. The molecule has 0 radical (unpaired) electrons. The van der Waals surface area contributed by atoms with Crippen LogP contribution < -0.4 is 10.6 Å². The van der Waals surface area contributed by atoms with Gasteiger partial charge in [-0.05, 0) is 31.2 Å². The summed E-state index contributed by atoms with van der Waals surface area (Å²) < 4.78 is 13.3. The highest BCUT2D eigenvalue weighted by Gasteiger charge is 2.11. The zero-order chi connectivity index (χ0) is 14.5. The Morgan fingerprint density at radius 2 is 2.15 bits per heavy atom. The number of halogens is 1. The number of benzene rings is 1. The normalized spacial score (nSPS) is 10.3. The third-order valence-electron chi connectivity index (χ3n) is 3.06. The van der Waals surface area contributed by atoms with E-state index in [-0.39, 0.29) is 11.7 Å². The van der Waals surface area contributed by atoms with Crippen molar-refractivity contribution < 1.29 is 4.39 Å². The van der Waals surface area contributed by atoms with E-state index < -0.39 is 0 Å². The minimum atomic E-state index is -0.265. The molecule has 3 N–H and O–H groups in total. The van der Waals surface area contributed by atoms with E-state index in [2.05, 4.69) is 4.98 Å². The number of pyridine rings is 1. The molecule has 4 nitrogen and oxygen atoms in total. The maximum absolute atomic E-state index is 13.3. The summed E-state index contributed by atoms with van der Waals surface area (Å²) >= 11 is 0. The van der Waals surface area contributed by atoms with E-state index in [4.69, 9.17) is 11.1 Å². The summed E-state index contributed by atoms with van der Waals surface area (Å²) in [5.41, 5.74) is 7.66. The Morgan fingerprint density at radius 3 is 2.80 bits per heavy atom. The van der Waals surface area contributed by atoms with Crippen LogP contribution in [0.2, 0.25) is 0 Å². The molecule has 0 saturated carbocycles. The van der Waals surface area contributed by atoms with Gasteiger partial charge < -0.3 is 10.6 Å². The van der Waals surface area contributed by atoms with Crippen molar-refractivity contribution in [3.63, 3.8) is 0 Å². The molecule has 20 heavy (non-hydrogen) atoms. The molecule has 0 bridgehead atoms. The van der Waals surface area contributed by atoms with E-state index in [1.807, 2.05) is 24.0 Å². The molecule has 0 amide bonds. The monoisotopic (exact) mass is 272 g/mol. The molecule has 0 fully saturated rings. The molecular weight excluding hydrogens is 255 g/mol. The second-order valence-electron chi connectivity index (χ2n) is 4.42. The number of hydrogen-bond acceptors (Lipinski definition) is 3. The lowest BCUT2D eigenvalue weighted by Gasteiger charge is -2.24. The van der Waals surface area contributed by atoms with Crippen LogP contribution in [-0.2, 0) is 6.54 Å². The number of anilines is 1. The molecule has 0 atom stereocenters. The topological polar surface area (TPSA) is 66.0 Å². The number of nitrogens with one attached hydrogen (secondary N) is 1. The third kappa shape index (κ3) is 3.12. The first kappa shape index (κ1) is 14.0. The van der Waals surface area contributed by atoms with Crippen LogP contribution in [0, 0.1) is 11.2 Å². The van der Waals surface area contributed by atoms with Crippen LogP contribution in [0.4, 0.5) is 10.1 Å². The van der Waals surface area contributed by atoms with Crippen molar-refractivity contribution in [3.8, 4) is 0 Å². The van der Waals surface area contributed by atoms with E-state index in [1.54, 1.807) is 18.3 Å². The average molecular weight is 272 g/mol. The van der Waals surface area contributed by atoms with Gasteiger partial charge in [0, 0.05) is 30.5 Å². The Kier molecular flexibility index (Phi) is 4.30. The van der Waals surface area contributed by atoms with Gasteiger partial charge in [-0.25, -0.2) is 4.39 Å². The summed E-state index contributed by atoms with van der Waals surface area (Å²) in [6.07, 6.45) is 1.61. The maximum Gasteiger partial charge on any atom is 0.142 e. The number of amidine groups is 1. The smallest absolute Gasteiger partial charge is 0.142 e. The SMILES string of the molecule is CCN(Cc1cccnc1C(=N)N)c1cccc(F)c1. The Labute approximate surface area is 117 Å². The van der Waals surface area contributed by atoms with Gasteiger partial charge in [-0.2, -0.15) is 0 Å². The average Bonchev–Trinajstić information content (AvgIpc) is 2.45. The van der Waals surface area contributed by atoms with Crippen LogP contribution in [0.1, 0.15) is 18.2 Å². The zero-order valence-electron chi connectivity index (χ0n) is 11.3. The first-order valence-corrected chi connectivity index (χ1v) is 6.40. The highest BCUT2D eigenvalue weighted by atomic mass is 19.1. The third-order valence-corrected chi connectivity index (χ3v) is 3.06. The number of aromatic nitrogens is 1. The van der Waals surface area contributed by atoms with Crippen molar-refractivity contribution in [1.82, 2.24) is 4.98 Å². The minimum Gasteiger partial charge on any atom is -0.382 e. The summed E-state index contributed by atoms with van der Waals surface area (Å²) in [6.45, 7) is 3.24. The van der Waals surface area contributed by atoms with Crippen LogP contribution in [0.5, 0.6) is 0 Å². The largest absolute Gasteiger partial charge is 0.382 e. The van der Waals surface area contributed by atoms with Crippen molar-refractivity contribution >= 4 is 11.5 Å². The van der Waals surface area contributed by atoms with E-state index in [9.17, 15) is 4.39 Å². The first-order valence-electron chi connectivity index (χ1n) is 6.40. The van der Waals surface area contributed by atoms with Gasteiger partial charge in [-0.1, -0.05) is 12.1 Å². The van der Waals surface area contributed by atoms with Gasteiger partial charge in [0.1, 0.15) is 17.3 Å². The molecular formula is C15H17FN4. The standard InChI is InChI=1S/C15H17FN4/c1-2-20(13-7-3-6-12(16)9-13)10-11-5-4-8-19-14(11)15(17)18/h3-9H,2,10H2,1H3,(H3,17,18). The van der Waals surface area contributed by atoms with E-state index >= 15 is 0 Å². The lowest BCUT2D eigenvalue weighted by Crippen LogP contribution is -2.25. The number of nitrogen functional groups attached to an aromatic ring is 1. The molecule has 2 rings (SSSR count). The summed E-state index contributed by atoms with van der Waals surface area (Å²) in [5.74, 6) is -0.324. The summed E-state index contributed by atoms with van der Waals surface area (Å²) in [5, 5.41) is 7.55. The van der Waals surface area contributed by atoms with Gasteiger partial charge in [-0.3, -0.25) is 10.4 Å². The highest BCUT2D eigenvalue weighted by Crippen LogP contribution is 2.19. The molecule has 0 aliphatic carbocycles. The number of nitrogens with zero attached hydrogens (tertiary/aromatic N) is 2. The molecule has 5 heteroatoms. The van der Waals surface area contributed by atoms with Gasteiger partial charge in [0.15, 0.2) is 0 Å². The summed E-state index contributed by atoms with van der Waals surface area (Å²) in [4.78, 5) is 6.13. The Bertz CT molecular complexity index is 612. The number of rotatable bonds is 5. The van der Waals surface area contributed by atoms with Crippen molar-refractivity contribution in [2.24, 2.45) is 5.73 Å². The van der Waals surface area contributed by atoms with Gasteiger partial charge in [0.2, 0.25) is 0 Å². The Balaban J connectivity index is 2.29. The van der Waals surface area contributed by atoms with Gasteiger partial charge >= 0.3 is 0 Å². The molecule has 2 aromatic rings. The second kappa shape index (κ2) is 6.14. The van der Waals surface area contributed by atoms with Crippen LogP contribution in [-0.4, -0.2) is 17.4 Å². The molecule has 1 heterocycles. The molecule has 0 aliphatic rings. The van der Waals surface area contributed by atoms with E-state index in [1.165, 1.54) is 12.1 Å². The first-order chi connectivity index (χ1) is 9.61. The fraction of sp³-hybridized carbons (Fsp3) is 0.200. The van der Waals surface area contributed by atoms with Gasteiger partial charge in [-0.15, -0.1) is 0 Å². The molecule has 0 saturated heterocycles. The fourth-order valence-corrected chi connectivity index (χ4v) is 2.07. The molecule has 1 aromatic carbocycles. The minimum absolute atomic E-state index is 0.0594. The Morgan fingerprint density at radius 1 is 1.35 bits per heavy atom. The predicted octanol–water partition coefficient (Wildman–Crippen LogP) is 2.53. The van der Waals surface area contributed by atoms with Crippen molar-refractivity contribution in [1.29, 1.82) is 5.41 Å². The van der Waals surface area contributed by atoms with Crippen LogP contribution in [0.15, 0.2) is 42.6 Å². The van der Waals surface area contributed by atoms with Crippen LogP contribution in [0.25, 0.3) is 0 Å². The molecule has 1 aromatic heterocycles. The van der Waals surface area contributed by atoms with Crippen molar-refractivity contribution in [3.05, 3.63) is 59.7 Å². The zero-order valence-corrected chi connectivity index (χ0v) is 11.3. The molecule has 0 aliphatic heterocycles. The van der Waals surface area contributed by atoms with Gasteiger partial charge in [0.05, 0.1) is 0 Å². The number of hydrogen-bond donors (Lipinski definition) is 2. The molecule has 0 spiro atoms.